The average molecular weight is 544 g/mol. The van der Waals surface area contributed by atoms with E-state index in [0.717, 1.165) is 12.8 Å². The maximum atomic E-state index is 12.9. The summed E-state index contributed by atoms with van der Waals surface area (Å²) in [5.74, 6) is 1.46. The van der Waals surface area contributed by atoms with Crippen LogP contribution in [-0.2, 0) is 6.54 Å². The largest absolute Gasteiger partial charge is 0.493 e. The van der Waals surface area contributed by atoms with Gasteiger partial charge >= 0.3 is 6.18 Å². The van der Waals surface area contributed by atoms with Crippen molar-refractivity contribution >= 4 is 22.6 Å². The first kappa shape index (κ1) is 26.1. The van der Waals surface area contributed by atoms with Crippen LogP contribution in [0.1, 0.15) is 23.3 Å². The van der Waals surface area contributed by atoms with Crippen LogP contribution in [0.3, 0.4) is 0 Å². The Labute approximate surface area is 220 Å². The summed E-state index contributed by atoms with van der Waals surface area (Å²) >= 11 is 0. The van der Waals surface area contributed by atoms with Crippen molar-refractivity contribution in [2.45, 2.75) is 25.6 Å². The Bertz CT molecular complexity index is 1490. The molecule has 4 aromatic rings. The number of nitrogens with zero attached hydrogens (tertiary/aromatic N) is 4. The lowest BCUT2D eigenvalue weighted by Gasteiger charge is -2.12. The zero-order valence-electron chi connectivity index (χ0n) is 21.0. The molecule has 0 spiro atoms. The number of hydrogen-bond acceptors (Lipinski definition) is 8. The minimum absolute atomic E-state index is 0.150. The Morgan fingerprint density at radius 2 is 1.82 bits per heavy atom. The molecule has 5 rings (SSSR count). The first-order valence-electron chi connectivity index (χ1n) is 12.0. The van der Waals surface area contributed by atoms with E-state index in [1.54, 1.807) is 30.5 Å². The quantitative estimate of drug-likeness (QED) is 0.289. The predicted molar refractivity (Wildman–Crippen MR) is 134 cm³/mol. The molecule has 1 amide bonds. The van der Waals surface area contributed by atoms with Crippen LogP contribution in [0.5, 0.6) is 28.7 Å². The lowest BCUT2D eigenvalue weighted by molar-refractivity contribution is -0.153. The van der Waals surface area contributed by atoms with Gasteiger partial charge in [0.2, 0.25) is 0 Å². The summed E-state index contributed by atoms with van der Waals surface area (Å²) in [6.07, 6.45) is 1.76. The fraction of sp³-hybridized carbons (Fsp3) is 0.308. The number of alkyl halides is 3. The number of pyridine rings is 2. The van der Waals surface area contributed by atoms with Gasteiger partial charge in [0.25, 0.3) is 5.91 Å². The molecule has 1 aliphatic carbocycles. The standard InChI is InChI=1S/C26H24F3N5O5/c1-36-20-9-17-18(10-21(20)37-2)30-8-7-19(17)39-16-5-6-23(31-11-16)32-25(35)24-22(38-14-26(27,28)29)13-34(33-24)12-15-3-4-15/h5-11,13,15H,3-4,12,14H2,1-2H3,(H,31,32,35). The van der Waals surface area contributed by atoms with E-state index in [9.17, 15) is 18.0 Å². The van der Waals surface area contributed by atoms with E-state index in [-0.39, 0.29) is 17.3 Å². The van der Waals surface area contributed by atoms with Gasteiger partial charge in [-0.15, -0.1) is 0 Å². The molecular formula is C26H24F3N5O5. The van der Waals surface area contributed by atoms with Crippen molar-refractivity contribution in [3.63, 3.8) is 0 Å². The average Bonchev–Trinajstić information content (AvgIpc) is 3.64. The maximum Gasteiger partial charge on any atom is 0.422 e. The van der Waals surface area contributed by atoms with Crippen molar-refractivity contribution in [1.29, 1.82) is 0 Å². The fourth-order valence-electron chi connectivity index (χ4n) is 3.84. The molecular weight excluding hydrogens is 519 g/mol. The first-order valence-corrected chi connectivity index (χ1v) is 12.0. The lowest BCUT2D eigenvalue weighted by atomic mass is 10.2. The van der Waals surface area contributed by atoms with Crippen LogP contribution in [0.25, 0.3) is 10.9 Å². The van der Waals surface area contributed by atoms with Crippen LogP contribution in [-0.4, -0.2) is 52.7 Å². The monoisotopic (exact) mass is 543 g/mol. The molecule has 1 fully saturated rings. The molecule has 13 heteroatoms. The maximum absolute atomic E-state index is 12.9. The Balaban J connectivity index is 1.31. The van der Waals surface area contributed by atoms with Gasteiger partial charge in [-0.1, -0.05) is 0 Å². The zero-order chi connectivity index (χ0) is 27.6. The van der Waals surface area contributed by atoms with Crippen LogP contribution in [0.2, 0.25) is 0 Å². The summed E-state index contributed by atoms with van der Waals surface area (Å²) in [5, 5.41) is 7.38. The molecule has 39 heavy (non-hydrogen) atoms. The van der Waals surface area contributed by atoms with E-state index in [1.807, 2.05) is 0 Å². The van der Waals surface area contributed by atoms with Crippen molar-refractivity contribution in [2.75, 3.05) is 26.1 Å². The molecule has 1 aliphatic rings. The number of aromatic nitrogens is 4. The highest BCUT2D eigenvalue weighted by molar-refractivity contribution is 6.04. The van der Waals surface area contributed by atoms with Crippen molar-refractivity contribution in [3.8, 4) is 28.7 Å². The summed E-state index contributed by atoms with van der Waals surface area (Å²) in [6, 6.07) is 8.25. The number of anilines is 1. The Hall–Kier alpha value is -4.55. The zero-order valence-corrected chi connectivity index (χ0v) is 21.0. The SMILES string of the molecule is COc1cc2nccc(Oc3ccc(NC(=O)c4nn(CC5CC5)cc4OCC(F)(F)F)nc3)c2cc1OC. The molecule has 3 heterocycles. The van der Waals surface area contributed by atoms with Crippen LogP contribution in [0, 0.1) is 5.92 Å². The number of ether oxygens (including phenoxy) is 4. The van der Waals surface area contributed by atoms with Gasteiger partial charge in [0.15, 0.2) is 29.5 Å². The minimum Gasteiger partial charge on any atom is -0.493 e. The van der Waals surface area contributed by atoms with Gasteiger partial charge in [0.1, 0.15) is 17.3 Å². The number of methoxy groups -OCH3 is 2. The number of halogens is 3. The van der Waals surface area contributed by atoms with E-state index in [1.165, 1.54) is 37.4 Å². The highest BCUT2D eigenvalue weighted by Crippen LogP contribution is 2.37. The molecule has 0 aliphatic heterocycles. The van der Waals surface area contributed by atoms with E-state index in [2.05, 4.69) is 20.4 Å². The van der Waals surface area contributed by atoms with Gasteiger partial charge in [0, 0.05) is 24.2 Å². The number of carbonyl (C=O) groups excluding carboxylic acids is 1. The van der Waals surface area contributed by atoms with E-state index >= 15 is 0 Å². The molecule has 10 nitrogen and oxygen atoms in total. The summed E-state index contributed by atoms with van der Waals surface area (Å²) < 4.78 is 61.1. The second kappa shape index (κ2) is 10.7. The molecule has 204 valence electrons. The third kappa shape index (κ3) is 6.30. The van der Waals surface area contributed by atoms with Crippen molar-refractivity contribution < 1.29 is 36.9 Å². The summed E-state index contributed by atoms with van der Waals surface area (Å²) in [5.41, 5.74) is 0.376. The molecule has 3 aromatic heterocycles. The van der Waals surface area contributed by atoms with Gasteiger partial charge in [0.05, 0.1) is 32.1 Å². The van der Waals surface area contributed by atoms with E-state index < -0.39 is 18.7 Å². The Kier molecular flexibility index (Phi) is 7.13. The van der Waals surface area contributed by atoms with Gasteiger partial charge in [-0.3, -0.25) is 14.5 Å². The van der Waals surface area contributed by atoms with Crippen molar-refractivity contribution in [3.05, 3.63) is 54.6 Å². The molecule has 0 atom stereocenters. The third-order valence-electron chi connectivity index (χ3n) is 5.89. The molecule has 1 N–H and O–H groups in total. The van der Waals surface area contributed by atoms with E-state index in [0.29, 0.717) is 46.4 Å². The van der Waals surface area contributed by atoms with Crippen molar-refractivity contribution in [2.24, 2.45) is 5.92 Å². The normalized spacial score (nSPS) is 13.3. The third-order valence-corrected chi connectivity index (χ3v) is 5.89. The second-order valence-corrected chi connectivity index (χ2v) is 8.88. The Morgan fingerprint density at radius 1 is 1.05 bits per heavy atom. The van der Waals surface area contributed by atoms with Crippen LogP contribution in [0.15, 0.2) is 48.9 Å². The number of fused-ring (bicyclic) bond motifs is 1. The molecule has 0 radical (unpaired) electrons. The Morgan fingerprint density at radius 3 is 2.49 bits per heavy atom. The number of nitrogens with one attached hydrogen (secondary N) is 1. The lowest BCUT2D eigenvalue weighted by Crippen LogP contribution is -2.21. The predicted octanol–water partition coefficient (Wildman–Crippen LogP) is 5.24. The summed E-state index contributed by atoms with van der Waals surface area (Å²) in [4.78, 5) is 21.4. The highest BCUT2D eigenvalue weighted by Gasteiger charge is 2.31. The van der Waals surface area contributed by atoms with Crippen LogP contribution in [0.4, 0.5) is 19.0 Å². The minimum atomic E-state index is -4.55. The number of hydrogen-bond donors (Lipinski definition) is 1. The van der Waals surface area contributed by atoms with Crippen molar-refractivity contribution in [1.82, 2.24) is 19.7 Å². The molecule has 1 aromatic carbocycles. The summed E-state index contributed by atoms with van der Waals surface area (Å²) in [7, 11) is 3.06. The number of rotatable bonds is 10. The van der Waals surface area contributed by atoms with Gasteiger partial charge < -0.3 is 24.3 Å². The van der Waals surface area contributed by atoms with Gasteiger partial charge in [-0.2, -0.15) is 18.3 Å². The number of carbonyl (C=O) groups is 1. The van der Waals surface area contributed by atoms with Crippen LogP contribution >= 0.6 is 0 Å². The second-order valence-electron chi connectivity index (χ2n) is 8.88. The molecule has 0 unspecified atom stereocenters. The molecule has 1 saturated carbocycles. The topological polar surface area (TPSA) is 110 Å². The molecule has 0 bridgehead atoms. The highest BCUT2D eigenvalue weighted by atomic mass is 19.4. The van der Waals surface area contributed by atoms with Gasteiger partial charge in [-0.25, -0.2) is 4.98 Å². The van der Waals surface area contributed by atoms with Gasteiger partial charge in [-0.05, 0) is 43.0 Å². The fourth-order valence-corrected chi connectivity index (χ4v) is 3.84. The smallest absolute Gasteiger partial charge is 0.422 e. The molecule has 0 saturated heterocycles. The number of benzene rings is 1. The van der Waals surface area contributed by atoms with E-state index in [4.69, 9.17) is 18.9 Å². The number of amides is 1. The first-order chi connectivity index (χ1) is 18.7. The van der Waals surface area contributed by atoms with Crippen LogP contribution < -0.4 is 24.3 Å². The summed E-state index contributed by atoms with van der Waals surface area (Å²) in [6.45, 7) is -1.03.